The number of halogens is 1. The van der Waals surface area contributed by atoms with Crippen molar-refractivity contribution in [3.8, 4) is 11.3 Å². The average molecular weight is 276 g/mol. The molecular formula is C15H17FN2O2. The van der Waals surface area contributed by atoms with Crippen LogP contribution < -0.4 is 10.6 Å². The van der Waals surface area contributed by atoms with Crippen LogP contribution >= 0.6 is 0 Å². The fourth-order valence-electron chi connectivity index (χ4n) is 1.70. The second-order valence-electron chi connectivity index (χ2n) is 4.54. The van der Waals surface area contributed by atoms with Gasteiger partial charge in [0.2, 0.25) is 0 Å². The minimum atomic E-state index is -0.377. The van der Waals surface area contributed by atoms with Crippen molar-refractivity contribution in [2.45, 2.75) is 13.0 Å². The predicted molar refractivity (Wildman–Crippen MR) is 75.0 cm³/mol. The zero-order valence-electron chi connectivity index (χ0n) is 11.4. The topological polar surface area (TPSA) is 54.3 Å². The Morgan fingerprint density at radius 2 is 2.05 bits per heavy atom. The molecule has 2 aromatic rings. The minimum absolute atomic E-state index is 0.167. The Kier molecular flexibility index (Phi) is 4.53. The lowest BCUT2D eigenvalue weighted by molar-refractivity contribution is 0.0923. The van der Waals surface area contributed by atoms with Crippen molar-refractivity contribution in [3.05, 3.63) is 48.0 Å². The summed E-state index contributed by atoms with van der Waals surface area (Å²) in [5, 5.41) is 5.76. The highest BCUT2D eigenvalue weighted by Gasteiger charge is 2.14. The number of hydrogen-bond donors (Lipinski definition) is 2. The lowest BCUT2D eigenvalue weighted by Crippen LogP contribution is -2.37. The van der Waals surface area contributed by atoms with E-state index in [0.717, 1.165) is 0 Å². The number of amides is 1. The van der Waals surface area contributed by atoms with Crippen molar-refractivity contribution in [1.82, 2.24) is 10.6 Å². The third-order valence-corrected chi connectivity index (χ3v) is 3.03. The molecule has 0 fully saturated rings. The van der Waals surface area contributed by atoms with Gasteiger partial charge >= 0.3 is 0 Å². The van der Waals surface area contributed by atoms with E-state index in [0.29, 0.717) is 17.9 Å². The van der Waals surface area contributed by atoms with E-state index in [4.69, 9.17) is 4.42 Å². The third kappa shape index (κ3) is 3.24. The summed E-state index contributed by atoms with van der Waals surface area (Å²) in [5.74, 6) is -0.172. The molecule has 0 spiro atoms. The van der Waals surface area contributed by atoms with Gasteiger partial charge in [-0.2, -0.15) is 0 Å². The summed E-state index contributed by atoms with van der Waals surface area (Å²) in [6.07, 6.45) is 0. The van der Waals surface area contributed by atoms with Gasteiger partial charge in [-0.1, -0.05) is 12.1 Å². The Bertz CT molecular complexity index is 595. The molecule has 0 saturated carbocycles. The zero-order chi connectivity index (χ0) is 14.5. The molecule has 0 bridgehead atoms. The van der Waals surface area contributed by atoms with Gasteiger partial charge in [0.05, 0.1) is 5.56 Å². The van der Waals surface area contributed by atoms with Crippen LogP contribution in [0, 0.1) is 5.82 Å². The van der Waals surface area contributed by atoms with Crippen molar-refractivity contribution in [3.63, 3.8) is 0 Å². The van der Waals surface area contributed by atoms with E-state index in [1.807, 2.05) is 14.0 Å². The normalized spacial score (nSPS) is 12.2. The molecule has 1 aromatic heterocycles. The Hall–Kier alpha value is -2.14. The fourth-order valence-corrected chi connectivity index (χ4v) is 1.70. The second kappa shape index (κ2) is 6.34. The van der Waals surface area contributed by atoms with Crippen molar-refractivity contribution in [2.75, 3.05) is 13.6 Å². The summed E-state index contributed by atoms with van der Waals surface area (Å²) >= 11 is 0. The van der Waals surface area contributed by atoms with E-state index in [-0.39, 0.29) is 23.5 Å². The molecule has 0 radical (unpaired) electrons. The Balaban J connectivity index is 2.09. The minimum Gasteiger partial charge on any atom is -0.451 e. The smallest absolute Gasteiger partial charge is 0.287 e. The Labute approximate surface area is 117 Å². The highest BCUT2D eigenvalue weighted by Crippen LogP contribution is 2.24. The first-order valence-corrected chi connectivity index (χ1v) is 6.42. The van der Waals surface area contributed by atoms with Gasteiger partial charge in [0.25, 0.3) is 5.91 Å². The van der Waals surface area contributed by atoms with Crippen LogP contribution in [-0.4, -0.2) is 25.5 Å². The van der Waals surface area contributed by atoms with Crippen LogP contribution in [0.5, 0.6) is 0 Å². The molecular weight excluding hydrogens is 259 g/mol. The number of carbonyl (C=O) groups is 1. The highest BCUT2D eigenvalue weighted by molar-refractivity contribution is 5.92. The zero-order valence-corrected chi connectivity index (χ0v) is 11.4. The van der Waals surface area contributed by atoms with Crippen LogP contribution in [0.3, 0.4) is 0 Å². The summed E-state index contributed by atoms with van der Waals surface area (Å²) in [4.78, 5) is 11.9. The third-order valence-electron chi connectivity index (χ3n) is 3.03. The summed E-state index contributed by atoms with van der Waals surface area (Å²) < 4.78 is 19.0. The van der Waals surface area contributed by atoms with Crippen LogP contribution in [0.4, 0.5) is 4.39 Å². The van der Waals surface area contributed by atoms with Crippen LogP contribution in [0.2, 0.25) is 0 Å². The number of rotatable bonds is 5. The molecule has 1 amide bonds. The maximum absolute atomic E-state index is 13.6. The largest absolute Gasteiger partial charge is 0.451 e. The van der Waals surface area contributed by atoms with Crippen LogP contribution in [-0.2, 0) is 0 Å². The fraction of sp³-hybridized carbons (Fsp3) is 0.267. The molecule has 1 heterocycles. The van der Waals surface area contributed by atoms with Crippen molar-refractivity contribution in [2.24, 2.45) is 0 Å². The van der Waals surface area contributed by atoms with Gasteiger partial charge in [-0.3, -0.25) is 4.79 Å². The van der Waals surface area contributed by atoms with E-state index in [9.17, 15) is 9.18 Å². The quantitative estimate of drug-likeness (QED) is 0.882. The van der Waals surface area contributed by atoms with E-state index in [1.165, 1.54) is 6.07 Å². The molecule has 4 nitrogen and oxygen atoms in total. The molecule has 106 valence electrons. The maximum Gasteiger partial charge on any atom is 0.287 e. The molecule has 0 aliphatic rings. The average Bonchev–Trinajstić information content (AvgIpc) is 2.94. The molecule has 20 heavy (non-hydrogen) atoms. The molecule has 1 aromatic carbocycles. The van der Waals surface area contributed by atoms with Gasteiger partial charge in [-0.05, 0) is 38.2 Å². The molecule has 2 N–H and O–H groups in total. The van der Waals surface area contributed by atoms with Gasteiger partial charge in [-0.25, -0.2) is 4.39 Å². The standard InChI is InChI=1S/C15H17FN2O2/c1-10(17-2)9-18-15(19)14-8-7-13(20-14)11-5-3-4-6-12(11)16/h3-8,10,17H,9H2,1-2H3,(H,18,19). The van der Waals surface area contributed by atoms with E-state index < -0.39 is 0 Å². The second-order valence-corrected chi connectivity index (χ2v) is 4.54. The molecule has 1 unspecified atom stereocenters. The summed E-state index contributed by atoms with van der Waals surface area (Å²) in [7, 11) is 1.82. The number of nitrogens with one attached hydrogen (secondary N) is 2. The maximum atomic E-state index is 13.6. The number of hydrogen-bond acceptors (Lipinski definition) is 3. The molecule has 5 heteroatoms. The van der Waals surface area contributed by atoms with Gasteiger partial charge in [-0.15, -0.1) is 0 Å². The molecule has 0 aliphatic heterocycles. The van der Waals surface area contributed by atoms with Crippen LogP contribution in [0.25, 0.3) is 11.3 Å². The highest BCUT2D eigenvalue weighted by atomic mass is 19.1. The van der Waals surface area contributed by atoms with Gasteiger partial charge in [0, 0.05) is 12.6 Å². The van der Waals surface area contributed by atoms with Gasteiger partial charge in [0.1, 0.15) is 11.6 Å². The van der Waals surface area contributed by atoms with E-state index in [2.05, 4.69) is 10.6 Å². The summed E-state index contributed by atoms with van der Waals surface area (Å²) in [6.45, 7) is 2.44. The first kappa shape index (κ1) is 14.3. The van der Waals surface area contributed by atoms with Crippen molar-refractivity contribution in [1.29, 1.82) is 0 Å². The number of carbonyl (C=O) groups excluding carboxylic acids is 1. The molecule has 1 atom stereocenters. The monoisotopic (exact) mass is 276 g/mol. The Morgan fingerprint density at radius 3 is 2.75 bits per heavy atom. The molecule has 0 aliphatic carbocycles. The van der Waals surface area contributed by atoms with Crippen LogP contribution in [0.1, 0.15) is 17.5 Å². The lowest BCUT2D eigenvalue weighted by Gasteiger charge is -2.10. The molecule has 2 rings (SSSR count). The lowest BCUT2D eigenvalue weighted by atomic mass is 10.1. The Morgan fingerprint density at radius 1 is 1.30 bits per heavy atom. The summed E-state index contributed by atoms with van der Waals surface area (Å²) in [6, 6.07) is 9.59. The van der Waals surface area contributed by atoms with Gasteiger partial charge < -0.3 is 15.1 Å². The number of benzene rings is 1. The molecule has 0 saturated heterocycles. The first-order valence-electron chi connectivity index (χ1n) is 6.42. The first-order chi connectivity index (χ1) is 9.61. The SMILES string of the molecule is CNC(C)CNC(=O)c1ccc(-c2ccccc2F)o1. The van der Waals surface area contributed by atoms with Crippen molar-refractivity contribution >= 4 is 5.91 Å². The summed E-state index contributed by atoms with van der Waals surface area (Å²) in [5.41, 5.74) is 0.343. The van der Waals surface area contributed by atoms with E-state index >= 15 is 0 Å². The number of likely N-dealkylation sites (N-methyl/N-ethyl adjacent to an activating group) is 1. The van der Waals surface area contributed by atoms with Gasteiger partial charge in [0.15, 0.2) is 5.76 Å². The van der Waals surface area contributed by atoms with Crippen molar-refractivity contribution < 1.29 is 13.6 Å². The predicted octanol–water partition coefficient (Wildman–Crippen LogP) is 2.42. The number of furan rings is 1. The van der Waals surface area contributed by atoms with Crippen LogP contribution in [0.15, 0.2) is 40.8 Å². The van der Waals surface area contributed by atoms with E-state index in [1.54, 1.807) is 30.3 Å².